The van der Waals surface area contributed by atoms with E-state index in [0.29, 0.717) is 12.6 Å². The average molecular weight is 255 g/mol. The van der Waals surface area contributed by atoms with Crippen molar-refractivity contribution in [3.05, 3.63) is 0 Å². The van der Waals surface area contributed by atoms with E-state index in [1.54, 1.807) is 0 Å². The normalized spacial score (nSPS) is 25.9. The summed E-state index contributed by atoms with van der Waals surface area (Å²) >= 11 is 0. The first-order chi connectivity index (χ1) is 8.70. The van der Waals surface area contributed by atoms with Gasteiger partial charge in [0.05, 0.1) is 6.61 Å². The molecule has 0 spiro atoms. The van der Waals surface area contributed by atoms with Gasteiger partial charge in [-0.25, -0.2) is 4.79 Å². The number of ether oxygens (including phenoxy) is 1. The van der Waals surface area contributed by atoms with Gasteiger partial charge in [0, 0.05) is 45.3 Å². The third-order valence-electron chi connectivity index (χ3n) is 3.88. The molecule has 18 heavy (non-hydrogen) atoms. The summed E-state index contributed by atoms with van der Waals surface area (Å²) in [6.45, 7) is 8.59. The van der Waals surface area contributed by atoms with Crippen LogP contribution in [0.25, 0.3) is 0 Å². The van der Waals surface area contributed by atoms with Crippen molar-refractivity contribution in [1.29, 1.82) is 0 Å². The highest BCUT2D eigenvalue weighted by atomic mass is 16.6. The lowest BCUT2D eigenvalue weighted by atomic mass is 10.1. The van der Waals surface area contributed by atoms with E-state index in [1.807, 2.05) is 4.90 Å². The van der Waals surface area contributed by atoms with Crippen molar-refractivity contribution in [1.82, 2.24) is 14.7 Å². The molecule has 0 aromatic rings. The number of fused-ring (bicyclic) bond motifs is 1. The molecule has 0 saturated carbocycles. The Morgan fingerprint density at radius 1 is 1.22 bits per heavy atom. The quantitative estimate of drug-likeness (QED) is 0.701. The van der Waals surface area contributed by atoms with Gasteiger partial charge in [0.1, 0.15) is 0 Å². The van der Waals surface area contributed by atoms with Gasteiger partial charge in [0.2, 0.25) is 0 Å². The van der Waals surface area contributed by atoms with Crippen LogP contribution in [-0.4, -0.2) is 79.8 Å². The molecule has 0 bridgehead atoms. The van der Waals surface area contributed by atoms with E-state index in [2.05, 4.69) is 23.8 Å². The van der Waals surface area contributed by atoms with Gasteiger partial charge in [0.15, 0.2) is 0 Å². The second-order valence-corrected chi connectivity index (χ2v) is 5.37. The molecule has 2 fully saturated rings. The van der Waals surface area contributed by atoms with E-state index in [0.717, 1.165) is 52.1 Å². The van der Waals surface area contributed by atoms with Gasteiger partial charge in [0.25, 0.3) is 0 Å². The van der Waals surface area contributed by atoms with E-state index in [1.165, 1.54) is 0 Å². The number of rotatable bonds is 3. The van der Waals surface area contributed by atoms with Crippen LogP contribution in [0, 0.1) is 0 Å². The molecule has 0 aromatic carbocycles. The van der Waals surface area contributed by atoms with Crippen LogP contribution in [0.3, 0.4) is 0 Å². The first kappa shape index (κ1) is 13.6. The van der Waals surface area contributed by atoms with E-state index < -0.39 is 0 Å². The Hall–Kier alpha value is -0.810. The van der Waals surface area contributed by atoms with E-state index in [-0.39, 0.29) is 6.09 Å². The van der Waals surface area contributed by atoms with Crippen molar-refractivity contribution in [3.63, 3.8) is 0 Å². The SMILES string of the molecule is CCCCOC(=O)N1CCN2CCN(C)CC2C1. The lowest BCUT2D eigenvalue weighted by Gasteiger charge is -2.46. The Bertz CT molecular complexity index is 285. The summed E-state index contributed by atoms with van der Waals surface area (Å²) in [5.74, 6) is 0. The highest BCUT2D eigenvalue weighted by molar-refractivity contribution is 5.67. The van der Waals surface area contributed by atoms with Crippen molar-refractivity contribution in [2.45, 2.75) is 25.8 Å². The maximum Gasteiger partial charge on any atom is 0.409 e. The van der Waals surface area contributed by atoms with Gasteiger partial charge in [-0.05, 0) is 13.5 Å². The molecule has 1 unspecified atom stereocenters. The number of likely N-dealkylation sites (N-methyl/N-ethyl adjacent to an activating group) is 1. The maximum atomic E-state index is 11.9. The van der Waals surface area contributed by atoms with Crippen molar-refractivity contribution >= 4 is 6.09 Å². The smallest absolute Gasteiger partial charge is 0.409 e. The summed E-state index contributed by atoms with van der Waals surface area (Å²) in [6.07, 6.45) is 1.89. The molecule has 2 saturated heterocycles. The van der Waals surface area contributed by atoms with Crippen molar-refractivity contribution in [2.75, 3.05) is 52.9 Å². The third-order valence-corrected chi connectivity index (χ3v) is 3.88. The molecular formula is C13H25N3O2. The maximum absolute atomic E-state index is 11.9. The fourth-order valence-corrected chi connectivity index (χ4v) is 2.67. The zero-order chi connectivity index (χ0) is 13.0. The highest BCUT2D eigenvalue weighted by Crippen LogP contribution is 2.15. The number of hydrogen-bond acceptors (Lipinski definition) is 4. The van der Waals surface area contributed by atoms with Crippen LogP contribution in [0.5, 0.6) is 0 Å². The monoisotopic (exact) mass is 255 g/mol. The minimum Gasteiger partial charge on any atom is -0.449 e. The first-order valence-corrected chi connectivity index (χ1v) is 7.05. The number of carbonyl (C=O) groups is 1. The number of carbonyl (C=O) groups excluding carboxylic acids is 1. The summed E-state index contributed by atoms with van der Waals surface area (Å²) in [5.41, 5.74) is 0. The van der Waals surface area contributed by atoms with Crippen LogP contribution in [0.4, 0.5) is 4.79 Å². The molecule has 0 aliphatic carbocycles. The molecule has 0 radical (unpaired) electrons. The lowest BCUT2D eigenvalue weighted by Crippen LogP contribution is -2.62. The molecule has 5 heteroatoms. The Balaban J connectivity index is 1.79. The van der Waals surface area contributed by atoms with E-state index in [9.17, 15) is 4.79 Å². The topological polar surface area (TPSA) is 36.0 Å². The molecule has 2 aliphatic heterocycles. The lowest BCUT2D eigenvalue weighted by molar-refractivity contribution is 0.0148. The number of amides is 1. The minimum absolute atomic E-state index is 0.128. The van der Waals surface area contributed by atoms with Crippen LogP contribution in [0.2, 0.25) is 0 Å². The molecule has 2 rings (SSSR count). The van der Waals surface area contributed by atoms with Gasteiger partial charge in [-0.2, -0.15) is 0 Å². The second-order valence-electron chi connectivity index (χ2n) is 5.37. The molecular weight excluding hydrogens is 230 g/mol. The fourth-order valence-electron chi connectivity index (χ4n) is 2.67. The Labute approximate surface area is 110 Å². The van der Waals surface area contributed by atoms with E-state index in [4.69, 9.17) is 4.74 Å². The van der Waals surface area contributed by atoms with Gasteiger partial charge < -0.3 is 14.5 Å². The predicted molar refractivity (Wildman–Crippen MR) is 70.7 cm³/mol. The standard InChI is InChI=1S/C13H25N3O2/c1-3-4-9-18-13(17)16-8-7-15-6-5-14(2)10-12(15)11-16/h12H,3-11H2,1-2H3. The summed E-state index contributed by atoms with van der Waals surface area (Å²) in [7, 11) is 2.15. The van der Waals surface area contributed by atoms with Gasteiger partial charge >= 0.3 is 6.09 Å². The molecule has 1 atom stereocenters. The van der Waals surface area contributed by atoms with Crippen LogP contribution in [-0.2, 0) is 4.74 Å². The van der Waals surface area contributed by atoms with Crippen LogP contribution in [0.15, 0.2) is 0 Å². The van der Waals surface area contributed by atoms with Crippen molar-refractivity contribution < 1.29 is 9.53 Å². The molecule has 5 nitrogen and oxygen atoms in total. The molecule has 2 heterocycles. The van der Waals surface area contributed by atoms with Gasteiger partial charge in [-0.3, -0.25) is 4.90 Å². The Kier molecular flexibility index (Phi) is 4.83. The van der Waals surface area contributed by atoms with Crippen molar-refractivity contribution in [2.24, 2.45) is 0 Å². The Morgan fingerprint density at radius 3 is 2.78 bits per heavy atom. The minimum atomic E-state index is -0.128. The number of hydrogen-bond donors (Lipinski definition) is 0. The molecule has 1 amide bonds. The van der Waals surface area contributed by atoms with Gasteiger partial charge in [-0.1, -0.05) is 13.3 Å². The number of unbranched alkanes of at least 4 members (excludes halogenated alkanes) is 1. The molecule has 104 valence electrons. The second kappa shape index (κ2) is 6.38. The zero-order valence-corrected chi connectivity index (χ0v) is 11.6. The molecule has 0 aromatic heterocycles. The van der Waals surface area contributed by atoms with Crippen molar-refractivity contribution in [3.8, 4) is 0 Å². The largest absolute Gasteiger partial charge is 0.449 e. The first-order valence-electron chi connectivity index (χ1n) is 7.05. The highest BCUT2D eigenvalue weighted by Gasteiger charge is 2.33. The van der Waals surface area contributed by atoms with Crippen LogP contribution in [0.1, 0.15) is 19.8 Å². The zero-order valence-electron chi connectivity index (χ0n) is 11.6. The summed E-state index contributed by atoms with van der Waals surface area (Å²) in [5, 5.41) is 0. The third kappa shape index (κ3) is 3.36. The molecule has 0 N–H and O–H groups in total. The average Bonchev–Trinajstić information content (AvgIpc) is 2.38. The Morgan fingerprint density at radius 2 is 2.00 bits per heavy atom. The van der Waals surface area contributed by atoms with E-state index >= 15 is 0 Å². The fraction of sp³-hybridized carbons (Fsp3) is 0.923. The summed E-state index contributed by atoms with van der Waals surface area (Å²) in [4.78, 5) is 18.6. The summed E-state index contributed by atoms with van der Waals surface area (Å²) in [6, 6.07) is 0.483. The molecule has 2 aliphatic rings. The van der Waals surface area contributed by atoms with Crippen LogP contribution < -0.4 is 0 Å². The van der Waals surface area contributed by atoms with Gasteiger partial charge in [-0.15, -0.1) is 0 Å². The number of piperazine rings is 2. The predicted octanol–water partition coefficient (Wildman–Crippen LogP) is 0.855. The summed E-state index contributed by atoms with van der Waals surface area (Å²) < 4.78 is 5.28. The van der Waals surface area contributed by atoms with Crippen LogP contribution >= 0.6 is 0 Å². The number of nitrogens with zero attached hydrogens (tertiary/aromatic N) is 3.